The lowest BCUT2D eigenvalue weighted by Crippen LogP contribution is -2.49. The van der Waals surface area contributed by atoms with Crippen LogP contribution in [-0.4, -0.2) is 81.1 Å². The number of nitrogens with one attached hydrogen (secondary N) is 1. The van der Waals surface area contributed by atoms with Crippen LogP contribution < -0.4 is 31.7 Å². The monoisotopic (exact) mass is 821 g/mol. The second-order valence-electron chi connectivity index (χ2n) is 14.1. The predicted molar refractivity (Wildman–Crippen MR) is 205 cm³/mol. The Bertz CT molecular complexity index is 2820. The highest BCUT2D eigenvalue weighted by Gasteiger charge is 2.27. The van der Waals surface area contributed by atoms with E-state index in [-0.39, 0.29) is 56.9 Å². The minimum absolute atomic E-state index is 0.0794. The molecule has 5 N–H and O–H groups in total. The van der Waals surface area contributed by atoms with Crippen molar-refractivity contribution in [2.75, 3.05) is 42.5 Å². The number of halogens is 6. The van der Waals surface area contributed by atoms with E-state index in [0.29, 0.717) is 51.3 Å². The third kappa shape index (κ3) is 7.81. The molecule has 2 unspecified atom stereocenters. The van der Waals surface area contributed by atoms with E-state index in [0.717, 1.165) is 57.9 Å². The number of carboxylic acids is 2. The van der Waals surface area contributed by atoms with Crippen LogP contribution in [0.5, 0.6) is 0 Å². The third-order valence-corrected chi connectivity index (χ3v) is 10.0. The highest BCUT2D eigenvalue weighted by atomic mass is 19.2. The van der Waals surface area contributed by atoms with Gasteiger partial charge in [0.25, 0.3) is 0 Å². The van der Waals surface area contributed by atoms with Gasteiger partial charge in [-0.15, -0.1) is 0 Å². The second-order valence-corrected chi connectivity index (χ2v) is 14.1. The van der Waals surface area contributed by atoms with E-state index in [9.17, 15) is 55.7 Å². The lowest BCUT2D eigenvalue weighted by Gasteiger charge is -2.34. The van der Waals surface area contributed by atoms with Crippen LogP contribution in [-0.2, 0) is 0 Å². The molecule has 2 fully saturated rings. The molecule has 13 nitrogen and oxygen atoms in total. The van der Waals surface area contributed by atoms with Gasteiger partial charge in [-0.25, -0.2) is 40.9 Å². The van der Waals surface area contributed by atoms with Gasteiger partial charge in [-0.1, -0.05) is 0 Å². The number of carbonyl (C=O) groups is 2. The molecule has 0 aliphatic carbocycles. The number of aromatic nitrogens is 3. The summed E-state index contributed by atoms with van der Waals surface area (Å²) in [6, 6.07) is 8.69. The Morgan fingerprint density at radius 1 is 0.712 bits per heavy atom. The number of aromatic carboxylic acids is 2. The summed E-state index contributed by atoms with van der Waals surface area (Å²) in [7, 11) is 0. The highest BCUT2D eigenvalue weighted by molar-refractivity contribution is 5.95. The van der Waals surface area contributed by atoms with Crippen molar-refractivity contribution in [1.82, 2.24) is 19.4 Å². The first-order valence-electron chi connectivity index (χ1n) is 18.0. The van der Waals surface area contributed by atoms with Crippen LogP contribution in [0.4, 0.5) is 37.8 Å². The normalized spacial score (nSPS) is 16.7. The van der Waals surface area contributed by atoms with Gasteiger partial charge in [0.15, 0.2) is 17.3 Å². The maximum atomic E-state index is 14.9. The Kier molecular flexibility index (Phi) is 10.9. The molecule has 8 rings (SSSR count). The van der Waals surface area contributed by atoms with Gasteiger partial charge >= 0.3 is 11.9 Å². The molecule has 2 saturated heterocycles. The van der Waals surface area contributed by atoms with E-state index in [1.807, 2.05) is 6.92 Å². The number of nitrogens with zero attached hydrogens (tertiary/aromatic N) is 5. The summed E-state index contributed by atoms with van der Waals surface area (Å²) in [6.07, 6.45) is 2.50. The van der Waals surface area contributed by atoms with Crippen molar-refractivity contribution >= 4 is 45.4 Å². The second kappa shape index (κ2) is 15.9. The first kappa shape index (κ1) is 40.5. The molecule has 5 heterocycles. The summed E-state index contributed by atoms with van der Waals surface area (Å²) in [4.78, 5) is 55.8. The lowest BCUT2D eigenvalue weighted by atomic mass is 10.1. The number of fused-ring (bicyclic) bond motifs is 2. The summed E-state index contributed by atoms with van der Waals surface area (Å²) in [5, 5.41) is 21.4. The first-order chi connectivity index (χ1) is 28.0. The Labute approximate surface area is 329 Å². The fraction of sp³-hybridized carbons (Fsp3) is 0.225. The quantitative estimate of drug-likeness (QED) is 0.168. The Morgan fingerprint density at radius 3 is 1.83 bits per heavy atom. The number of rotatable bonds is 6. The van der Waals surface area contributed by atoms with Crippen molar-refractivity contribution in [3.63, 3.8) is 0 Å². The van der Waals surface area contributed by atoms with Crippen molar-refractivity contribution in [2.24, 2.45) is 5.73 Å². The highest BCUT2D eigenvalue weighted by Crippen LogP contribution is 2.30. The summed E-state index contributed by atoms with van der Waals surface area (Å²) in [5.41, 5.74) is 2.48. The molecule has 3 aromatic carbocycles. The van der Waals surface area contributed by atoms with E-state index in [1.165, 1.54) is 6.07 Å². The molecule has 2 aliphatic rings. The van der Waals surface area contributed by atoms with E-state index in [1.54, 1.807) is 9.80 Å². The van der Waals surface area contributed by atoms with Gasteiger partial charge in [-0.05, 0) is 55.8 Å². The summed E-state index contributed by atoms with van der Waals surface area (Å²) in [6.45, 7) is 4.42. The average Bonchev–Trinajstić information content (AvgIpc) is 3.61. The average molecular weight is 822 g/mol. The fourth-order valence-electron chi connectivity index (χ4n) is 7.18. The number of nitrogens with two attached hydrogens (primary N) is 1. The molecular formula is C40H33F6N7O6. The number of anilines is 2. The van der Waals surface area contributed by atoms with Crippen molar-refractivity contribution in [3.8, 4) is 11.4 Å². The fourth-order valence-corrected chi connectivity index (χ4v) is 7.18. The molecule has 0 saturated carbocycles. The van der Waals surface area contributed by atoms with Crippen molar-refractivity contribution in [2.45, 2.75) is 25.4 Å². The summed E-state index contributed by atoms with van der Waals surface area (Å²) < 4.78 is 87.4. The number of piperazine rings is 1. The van der Waals surface area contributed by atoms with Gasteiger partial charge in [-0.3, -0.25) is 14.2 Å². The topological polar surface area (TPSA) is 176 Å². The molecule has 0 bridgehead atoms. The van der Waals surface area contributed by atoms with Gasteiger partial charge in [-0.2, -0.15) is 0 Å². The van der Waals surface area contributed by atoms with Gasteiger partial charge in [0.05, 0.1) is 28.0 Å². The molecule has 306 valence electrons. The number of carboxylic acid groups (broad SMARTS) is 2. The predicted octanol–water partition coefficient (Wildman–Crippen LogP) is 4.94. The van der Waals surface area contributed by atoms with Crippen molar-refractivity contribution in [3.05, 3.63) is 133 Å². The van der Waals surface area contributed by atoms with Gasteiger partial charge in [0, 0.05) is 74.7 Å². The first-order valence-corrected chi connectivity index (χ1v) is 18.0. The molecule has 3 aromatic heterocycles. The lowest BCUT2D eigenvalue weighted by molar-refractivity contribution is 0.0684. The molecular weight excluding hydrogens is 788 g/mol. The van der Waals surface area contributed by atoms with Crippen LogP contribution in [0.15, 0.2) is 76.6 Å². The standard InChI is InChI=1S/C21H18F3N3O3.C19H15F3N4O3/c1-11-9-26(5-4-25-11)19-8-18-13(7-16(19)24)20(28)14(21(29)30)10-27(18)17-3-2-12(22)6-15(17)23;20-9-1-2-15(13(21)5-9)26-8-12(19(28)29)16(27)11-6-14(22)18(24-17(11)26)25-4-3-10(23)7-25/h2-3,6-8,10-11,25H,4-5,9H2,1H3,(H,29,30);1-2,5-6,8,10H,3-4,7,23H2,(H,28,29). The molecule has 19 heteroatoms. The molecule has 59 heavy (non-hydrogen) atoms. The van der Waals surface area contributed by atoms with Crippen molar-refractivity contribution in [1.29, 1.82) is 0 Å². The minimum Gasteiger partial charge on any atom is -0.477 e. The van der Waals surface area contributed by atoms with Gasteiger partial charge < -0.3 is 35.6 Å². The number of pyridine rings is 3. The largest absolute Gasteiger partial charge is 0.477 e. The molecule has 0 amide bonds. The van der Waals surface area contributed by atoms with E-state index >= 15 is 0 Å². The maximum Gasteiger partial charge on any atom is 0.341 e. The number of hydrogen-bond acceptors (Lipinski definition) is 9. The van der Waals surface area contributed by atoms with Gasteiger partial charge in [0.2, 0.25) is 10.9 Å². The third-order valence-electron chi connectivity index (χ3n) is 10.0. The number of benzene rings is 3. The Balaban J connectivity index is 0.000000179. The molecule has 0 radical (unpaired) electrons. The summed E-state index contributed by atoms with van der Waals surface area (Å²) in [5.74, 6) is -8.26. The maximum absolute atomic E-state index is 14.9. The molecule has 2 aliphatic heterocycles. The van der Waals surface area contributed by atoms with Crippen LogP contribution in [0.1, 0.15) is 34.1 Å². The summed E-state index contributed by atoms with van der Waals surface area (Å²) >= 11 is 0. The van der Waals surface area contributed by atoms with E-state index in [2.05, 4.69) is 10.3 Å². The zero-order chi connectivity index (χ0) is 42.4. The Hall–Kier alpha value is -6.73. The van der Waals surface area contributed by atoms with E-state index in [4.69, 9.17) is 5.73 Å². The molecule has 6 aromatic rings. The van der Waals surface area contributed by atoms with Crippen LogP contribution in [0.25, 0.3) is 33.3 Å². The number of hydrogen-bond donors (Lipinski definition) is 4. The zero-order valence-electron chi connectivity index (χ0n) is 30.9. The van der Waals surface area contributed by atoms with Crippen LogP contribution in [0, 0.1) is 34.9 Å². The van der Waals surface area contributed by atoms with E-state index < -0.39 is 68.8 Å². The van der Waals surface area contributed by atoms with Crippen LogP contribution in [0.3, 0.4) is 0 Å². The van der Waals surface area contributed by atoms with Crippen LogP contribution >= 0.6 is 0 Å². The Morgan fingerprint density at radius 2 is 1.27 bits per heavy atom. The van der Waals surface area contributed by atoms with Crippen molar-refractivity contribution < 1.29 is 46.1 Å². The SMILES string of the molecule is CC1CN(c2cc3c(cc2F)c(=O)c(C(=O)O)cn3-c2ccc(F)cc2F)CCN1.NC1CCN(c2nc3c(cc2F)c(=O)c(C(=O)O)cn3-c2ccc(F)cc2F)C1. The molecule has 0 spiro atoms. The zero-order valence-corrected chi connectivity index (χ0v) is 30.9. The smallest absolute Gasteiger partial charge is 0.341 e. The minimum atomic E-state index is -1.57. The van der Waals surface area contributed by atoms with Gasteiger partial charge in [0.1, 0.15) is 40.2 Å². The molecule has 2 atom stereocenters. The van der Waals surface area contributed by atoms with Crippen LogP contribution in [0.2, 0.25) is 0 Å².